The van der Waals surface area contributed by atoms with E-state index in [2.05, 4.69) is 5.32 Å². The first-order valence-corrected chi connectivity index (χ1v) is 8.72. The van der Waals surface area contributed by atoms with Crippen LogP contribution in [0.1, 0.15) is 11.1 Å². The van der Waals surface area contributed by atoms with E-state index in [9.17, 15) is 14.4 Å². The molecular weight excluding hydrogens is 366 g/mol. The molecule has 1 N–H and O–H groups in total. The summed E-state index contributed by atoms with van der Waals surface area (Å²) in [6.07, 6.45) is 1.44. The Bertz CT molecular complexity index is 1090. The summed E-state index contributed by atoms with van der Waals surface area (Å²) in [6.45, 7) is 1.72. The third kappa shape index (κ3) is 4.35. The van der Waals surface area contributed by atoms with Gasteiger partial charge in [-0.1, -0.05) is 48.0 Å². The van der Waals surface area contributed by atoms with Gasteiger partial charge >= 0.3 is 5.69 Å². The van der Waals surface area contributed by atoms with E-state index in [1.807, 2.05) is 30.3 Å². The lowest BCUT2D eigenvalue weighted by Crippen LogP contribution is -2.41. The highest BCUT2D eigenvalue weighted by atomic mass is 35.5. The molecule has 0 spiro atoms. The summed E-state index contributed by atoms with van der Waals surface area (Å²) in [4.78, 5) is 37.1. The van der Waals surface area contributed by atoms with Gasteiger partial charge in [0.1, 0.15) is 6.54 Å². The molecule has 0 radical (unpaired) electrons. The van der Waals surface area contributed by atoms with Crippen LogP contribution in [0, 0.1) is 6.92 Å². The molecule has 0 saturated carbocycles. The number of carbonyl (C=O) groups excluding carboxylic acids is 1. The van der Waals surface area contributed by atoms with Gasteiger partial charge < -0.3 is 5.32 Å². The number of amides is 1. The van der Waals surface area contributed by atoms with E-state index >= 15 is 0 Å². The molecule has 0 atom stereocenters. The van der Waals surface area contributed by atoms with Gasteiger partial charge in [-0.15, -0.1) is 0 Å². The maximum Gasteiger partial charge on any atom is 0.331 e. The fourth-order valence-corrected chi connectivity index (χ4v) is 2.85. The number of anilines is 1. The number of hydrogen-bond donors (Lipinski definition) is 1. The Morgan fingerprint density at radius 1 is 1.04 bits per heavy atom. The van der Waals surface area contributed by atoms with Gasteiger partial charge in [0, 0.05) is 23.0 Å². The Morgan fingerprint density at radius 3 is 2.52 bits per heavy atom. The van der Waals surface area contributed by atoms with Crippen molar-refractivity contribution in [2.24, 2.45) is 0 Å². The van der Waals surface area contributed by atoms with Crippen molar-refractivity contribution in [1.82, 2.24) is 9.13 Å². The molecule has 3 rings (SSSR count). The van der Waals surface area contributed by atoms with E-state index in [0.29, 0.717) is 17.3 Å². The van der Waals surface area contributed by atoms with E-state index in [4.69, 9.17) is 11.6 Å². The average molecular weight is 384 g/mol. The van der Waals surface area contributed by atoms with Gasteiger partial charge in [-0.05, 0) is 30.2 Å². The number of halogens is 1. The average Bonchev–Trinajstić information content (AvgIpc) is 2.66. The van der Waals surface area contributed by atoms with Crippen LogP contribution in [0.15, 0.2) is 70.4 Å². The monoisotopic (exact) mass is 383 g/mol. The van der Waals surface area contributed by atoms with Crippen LogP contribution in [-0.2, 0) is 17.9 Å². The van der Waals surface area contributed by atoms with Crippen LogP contribution in [0.4, 0.5) is 5.69 Å². The maximum atomic E-state index is 12.6. The summed E-state index contributed by atoms with van der Waals surface area (Å²) >= 11 is 6.05. The first kappa shape index (κ1) is 18.7. The van der Waals surface area contributed by atoms with E-state index in [1.54, 1.807) is 25.1 Å². The summed E-state index contributed by atoms with van der Waals surface area (Å²) in [6, 6.07) is 15.8. The predicted molar refractivity (Wildman–Crippen MR) is 105 cm³/mol. The number of carbonyl (C=O) groups is 1. The van der Waals surface area contributed by atoms with Gasteiger partial charge in [0.25, 0.3) is 5.56 Å². The Morgan fingerprint density at radius 2 is 1.78 bits per heavy atom. The lowest BCUT2D eigenvalue weighted by atomic mass is 10.2. The second-order valence-corrected chi connectivity index (χ2v) is 6.50. The van der Waals surface area contributed by atoms with E-state index in [-0.39, 0.29) is 6.54 Å². The Kier molecular flexibility index (Phi) is 5.57. The number of hydrogen-bond acceptors (Lipinski definition) is 3. The molecule has 3 aromatic rings. The van der Waals surface area contributed by atoms with E-state index < -0.39 is 17.2 Å². The number of rotatable bonds is 5. The minimum absolute atomic E-state index is 0.314. The zero-order valence-electron chi connectivity index (χ0n) is 14.7. The Labute approximate surface area is 160 Å². The van der Waals surface area contributed by atoms with Crippen molar-refractivity contribution in [3.63, 3.8) is 0 Å². The second kappa shape index (κ2) is 8.05. The summed E-state index contributed by atoms with van der Waals surface area (Å²) in [7, 11) is 0. The third-order valence-electron chi connectivity index (χ3n) is 4.18. The molecule has 0 aliphatic carbocycles. The fraction of sp³-hybridized carbons (Fsp3) is 0.150. The van der Waals surface area contributed by atoms with Crippen LogP contribution in [0.5, 0.6) is 0 Å². The SMILES string of the molecule is Cc1c(Cl)cccc1NC(=O)Cn1c(=O)ccn(Cc2ccccc2)c1=O. The zero-order chi connectivity index (χ0) is 19.4. The third-order valence-corrected chi connectivity index (χ3v) is 4.59. The van der Waals surface area contributed by atoms with Gasteiger partial charge in [-0.3, -0.25) is 18.7 Å². The van der Waals surface area contributed by atoms with Crippen molar-refractivity contribution >= 4 is 23.2 Å². The molecule has 7 heteroatoms. The molecule has 0 bridgehead atoms. The standard InChI is InChI=1S/C20H18ClN3O3/c1-14-16(21)8-5-9-17(14)22-18(25)13-24-19(26)10-11-23(20(24)27)12-15-6-3-2-4-7-15/h2-11H,12-13H2,1H3,(H,22,25). The van der Waals surface area contributed by atoms with Gasteiger partial charge in [0.2, 0.25) is 5.91 Å². The molecule has 0 saturated heterocycles. The molecule has 0 aliphatic rings. The van der Waals surface area contributed by atoms with Crippen LogP contribution >= 0.6 is 11.6 Å². The predicted octanol–water partition coefficient (Wildman–Crippen LogP) is 2.66. The molecule has 6 nitrogen and oxygen atoms in total. The molecule has 2 aromatic carbocycles. The van der Waals surface area contributed by atoms with Crippen LogP contribution < -0.4 is 16.6 Å². The van der Waals surface area contributed by atoms with Crippen LogP contribution in [-0.4, -0.2) is 15.0 Å². The molecule has 0 fully saturated rings. The maximum absolute atomic E-state index is 12.6. The first-order chi connectivity index (χ1) is 13.0. The van der Waals surface area contributed by atoms with Crippen molar-refractivity contribution in [1.29, 1.82) is 0 Å². The quantitative estimate of drug-likeness (QED) is 0.736. The molecule has 0 unspecified atom stereocenters. The van der Waals surface area contributed by atoms with Gasteiger partial charge in [0.15, 0.2) is 0 Å². The van der Waals surface area contributed by atoms with Crippen LogP contribution in [0.2, 0.25) is 5.02 Å². The zero-order valence-corrected chi connectivity index (χ0v) is 15.4. The minimum Gasteiger partial charge on any atom is -0.324 e. The molecule has 1 aromatic heterocycles. The highest BCUT2D eigenvalue weighted by Crippen LogP contribution is 2.22. The summed E-state index contributed by atoms with van der Waals surface area (Å²) in [5.74, 6) is -0.475. The minimum atomic E-state index is -0.538. The van der Waals surface area contributed by atoms with Gasteiger partial charge in [0.05, 0.1) is 6.54 Å². The molecular formula is C20H18ClN3O3. The normalized spacial score (nSPS) is 10.6. The smallest absolute Gasteiger partial charge is 0.324 e. The summed E-state index contributed by atoms with van der Waals surface area (Å²) < 4.78 is 2.31. The van der Waals surface area contributed by atoms with Gasteiger partial charge in [-0.25, -0.2) is 4.79 Å². The lowest BCUT2D eigenvalue weighted by molar-refractivity contribution is -0.116. The van der Waals surface area contributed by atoms with Crippen molar-refractivity contribution in [3.8, 4) is 0 Å². The molecule has 138 valence electrons. The van der Waals surface area contributed by atoms with Crippen molar-refractivity contribution in [3.05, 3.63) is 97.8 Å². The molecule has 1 amide bonds. The van der Waals surface area contributed by atoms with Crippen molar-refractivity contribution in [2.45, 2.75) is 20.0 Å². The summed E-state index contributed by atoms with van der Waals surface area (Å²) in [5, 5.41) is 3.21. The number of aromatic nitrogens is 2. The highest BCUT2D eigenvalue weighted by molar-refractivity contribution is 6.31. The topological polar surface area (TPSA) is 73.1 Å². The van der Waals surface area contributed by atoms with Gasteiger partial charge in [-0.2, -0.15) is 0 Å². The van der Waals surface area contributed by atoms with Crippen LogP contribution in [0.25, 0.3) is 0 Å². The largest absolute Gasteiger partial charge is 0.331 e. The van der Waals surface area contributed by atoms with Crippen molar-refractivity contribution in [2.75, 3.05) is 5.32 Å². The Balaban J connectivity index is 1.83. The number of nitrogens with one attached hydrogen (secondary N) is 1. The molecule has 0 aliphatic heterocycles. The second-order valence-electron chi connectivity index (χ2n) is 6.10. The van der Waals surface area contributed by atoms with E-state index in [0.717, 1.165) is 15.7 Å². The Hall–Kier alpha value is -3.12. The van der Waals surface area contributed by atoms with Crippen molar-refractivity contribution < 1.29 is 4.79 Å². The fourth-order valence-electron chi connectivity index (χ4n) is 2.68. The molecule has 1 heterocycles. The van der Waals surface area contributed by atoms with Crippen LogP contribution in [0.3, 0.4) is 0 Å². The first-order valence-electron chi connectivity index (χ1n) is 8.35. The number of benzene rings is 2. The lowest BCUT2D eigenvalue weighted by Gasteiger charge is -2.12. The van der Waals surface area contributed by atoms with E-state index in [1.165, 1.54) is 16.8 Å². The molecule has 27 heavy (non-hydrogen) atoms. The number of nitrogens with zero attached hydrogens (tertiary/aromatic N) is 2. The highest BCUT2D eigenvalue weighted by Gasteiger charge is 2.12. The summed E-state index contributed by atoms with van der Waals surface area (Å²) in [5.41, 5.74) is 1.12.